The average Bonchev–Trinajstić information content (AvgIpc) is 2.46. The molecule has 22 heavy (non-hydrogen) atoms. The highest BCUT2D eigenvalue weighted by Gasteiger charge is 2.38. The molecular weight excluding hydrogens is 328 g/mol. The zero-order valence-electron chi connectivity index (χ0n) is 12.3. The van der Waals surface area contributed by atoms with Crippen molar-refractivity contribution in [2.45, 2.75) is 29.2 Å². The van der Waals surface area contributed by atoms with E-state index in [0.717, 1.165) is 24.1 Å². The van der Waals surface area contributed by atoms with E-state index in [4.69, 9.17) is 18.2 Å². The summed E-state index contributed by atoms with van der Waals surface area (Å²) in [5.74, 6) is -1.33. The highest BCUT2D eigenvalue weighted by atomic mass is 32.2. The van der Waals surface area contributed by atoms with E-state index in [-0.39, 0.29) is 12.2 Å². The van der Waals surface area contributed by atoms with E-state index >= 15 is 0 Å². The molecule has 2 atom stereocenters. The van der Waals surface area contributed by atoms with Crippen molar-refractivity contribution in [2.75, 3.05) is 14.2 Å². The second kappa shape index (κ2) is 7.36. The van der Waals surface area contributed by atoms with Crippen molar-refractivity contribution in [1.29, 1.82) is 0 Å². The van der Waals surface area contributed by atoms with Gasteiger partial charge in [0.2, 0.25) is 0 Å². The quantitative estimate of drug-likeness (QED) is 0.789. The first-order valence-corrected chi connectivity index (χ1v) is 7.98. The lowest BCUT2D eigenvalue weighted by Gasteiger charge is -2.31. The van der Waals surface area contributed by atoms with Gasteiger partial charge in [-0.05, 0) is 12.1 Å². The lowest BCUT2D eigenvalue weighted by molar-refractivity contribution is -0.139. The van der Waals surface area contributed by atoms with Crippen LogP contribution in [0.3, 0.4) is 0 Å². The Bertz CT molecular complexity index is 589. The fraction of sp³-hybridized carbons (Fsp3) is 0.429. The lowest BCUT2D eigenvalue weighted by atomic mass is 9.89. The number of Topliss-reactive ketones (excluding diaryl/α,β-unsaturated/α-hetero) is 1. The number of rotatable bonds is 6. The Morgan fingerprint density at radius 3 is 2.45 bits per heavy atom. The number of carboxylic acids is 1. The molecule has 0 bridgehead atoms. The first kappa shape index (κ1) is 17.1. The molecule has 2 rings (SSSR count). The fourth-order valence-electron chi connectivity index (χ4n) is 2.25. The van der Waals surface area contributed by atoms with Crippen molar-refractivity contribution in [3.63, 3.8) is 0 Å². The Morgan fingerprint density at radius 2 is 1.86 bits per heavy atom. The summed E-state index contributed by atoms with van der Waals surface area (Å²) in [5, 5.41) is 8.98. The molecule has 1 N–H and O–H groups in total. The molecule has 0 aliphatic carbocycles. The van der Waals surface area contributed by atoms with E-state index in [0.29, 0.717) is 21.1 Å². The number of carbonyl (C=O) groups excluding carboxylic acids is 1. The maximum atomic E-state index is 12.7. The topological polar surface area (TPSA) is 82.1 Å². The molecule has 1 aliphatic heterocycles. The van der Waals surface area contributed by atoms with Crippen molar-refractivity contribution in [1.82, 2.24) is 0 Å². The molecule has 0 aromatic heterocycles. The maximum absolute atomic E-state index is 12.7. The van der Waals surface area contributed by atoms with Gasteiger partial charge in [0, 0.05) is 29.0 Å². The number of carbonyl (C=O) groups is 2. The Hall–Kier alpha value is -1.22. The minimum atomic E-state index is -1.00. The summed E-state index contributed by atoms with van der Waals surface area (Å²) in [5.41, 5.74) is 0.419. The van der Waals surface area contributed by atoms with Gasteiger partial charge in [-0.25, -0.2) is 0 Å². The largest absolute Gasteiger partial charge is 0.487 e. The van der Waals surface area contributed by atoms with Crippen LogP contribution in [0.2, 0.25) is 0 Å². The number of fused-ring (bicyclic) bond motifs is 1. The van der Waals surface area contributed by atoms with Gasteiger partial charge < -0.3 is 18.2 Å². The Morgan fingerprint density at radius 1 is 1.27 bits per heavy atom. The summed E-state index contributed by atoms with van der Waals surface area (Å²) in [6.07, 6.45) is -0.929. The first-order chi connectivity index (χ1) is 10.5. The summed E-state index contributed by atoms with van der Waals surface area (Å²) in [7, 11) is 3.02. The van der Waals surface area contributed by atoms with Crippen molar-refractivity contribution in [2.24, 2.45) is 5.92 Å². The van der Waals surface area contributed by atoms with Crippen molar-refractivity contribution < 1.29 is 27.8 Å². The number of benzene rings is 1. The van der Waals surface area contributed by atoms with Crippen LogP contribution in [0.25, 0.3) is 0 Å². The van der Waals surface area contributed by atoms with Crippen LogP contribution in [0.4, 0.5) is 0 Å². The van der Waals surface area contributed by atoms with Gasteiger partial charge in [0.15, 0.2) is 5.78 Å². The summed E-state index contributed by atoms with van der Waals surface area (Å²) in [4.78, 5) is 24.9. The van der Waals surface area contributed by atoms with Gasteiger partial charge in [-0.15, -0.1) is 0 Å². The molecule has 6 nitrogen and oxygen atoms in total. The molecule has 0 spiro atoms. The summed E-state index contributed by atoms with van der Waals surface area (Å²) >= 11 is 2.14. The highest BCUT2D eigenvalue weighted by molar-refractivity contribution is 7.95. The van der Waals surface area contributed by atoms with Gasteiger partial charge in [-0.1, -0.05) is 6.92 Å². The van der Waals surface area contributed by atoms with Gasteiger partial charge in [-0.2, -0.15) is 0 Å². The highest BCUT2D eigenvalue weighted by Crippen LogP contribution is 2.44. The predicted molar refractivity (Wildman–Crippen MR) is 82.3 cm³/mol. The minimum Gasteiger partial charge on any atom is -0.487 e. The predicted octanol–water partition coefficient (Wildman–Crippen LogP) is 3.05. The van der Waals surface area contributed by atoms with E-state index in [9.17, 15) is 9.59 Å². The van der Waals surface area contributed by atoms with E-state index in [1.807, 2.05) is 0 Å². The average molecular weight is 344 g/mol. The lowest BCUT2D eigenvalue weighted by Crippen LogP contribution is -2.38. The van der Waals surface area contributed by atoms with Crippen LogP contribution in [0.5, 0.6) is 5.75 Å². The number of hydrogen-bond donors (Lipinski definition) is 1. The van der Waals surface area contributed by atoms with Crippen LogP contribution in [0.15, 0.2) is 21.9 Å². The molecule has 1 aliphatic rings. The van der Waals surface area contributed by atoms with Gasteiger partial charge in [0.05, 0.1) is 37.0 Å². The molecule has 0 amide bonds. The number of ketones is 1. The summed E-state index contributed by atoms with van der Waals surface area (Å²) in [6, 6.07) is 3.52. The van der Waals surface area contributed by atoms with E-state index < -0.39 is 18.0 Å². The molecule has 1 heterocycles. The Balaban J connectivity index is 2.50. The zero-order chi connectivity index (χ0) is 16.3. The molecule has 8 heteroatoms. The second-order valence-corrected chi connectivity index (χ2v) is 6.55. The second-order valence-electron chi connectivity index (χ2n) is 4.67. The molecule has 0 fully saturated rings. The van der Waals surface area contributed by atoms with E-state index in [1.54, 1.807) is 19.1 Å². The number of hydrogen-bond acceptors (Lipinski definition) is 7. The molecule has 2 unspecified atom stereocenters. The maximum Gasteiger partial charge on any atom is 0.307 e. The van der Waals surface area contributed by atoms with Crippen LogP contribution in [-0.4, -0.2) is 37.2 Å². The summed E-state index contributed by atoms with van der Waals surface area (Å²) < 4.78 is 15.9. The van der Waals surface area contributed by atoms with E-state index in [1.165, 1.54) is 14.2 Å². The SMILES string of the molecule is COSc1ccc(SOC)c2c1OC(CC(=O)O)C(C)C2=O. The molecule has 0 radical (unpaired) electrons. The minimum absolute atomic E-state index is 0.148. The molecular formula is C14H16O6S2. The first-order valence-electron chi connectivity index (χ1n) is 6.50. The van der Waals surface area contributed by atoms with Gasteiger partial charge in [0.25, 0.3) is 0 Å². The van der Waals surface area contributed by atoms with Crippen molar-refractivity contribution in [3.05, 3.63) is 17.7 Å². The molecule has 0 saturated carbocycles. The normalized spacial score (nSPS) is 20.4. The standard InChI is InChI=1S/C14H16O6S2/c1-7-8(6-11(15)16)20-14-10(22-19-3)5-4-9(21-18-2)12(14)13(7)17/h4-5,7-8H,6H2,1-3H3,(H,15,16). The third kappa shape index (κ3) is 3.40. The van der Waals surface area contributed by atoms with Crippen LogP contribution < -0.4 is 4.74 Å². The summed E-state index contributed by atoms with van der Waals surface area (Å²) in [6.45, 7) is 1.68. The zero-order valence-corrected chi connectivity index (χ0v) is 14.0. The number of aliphatic carboxylic acids is 1. The number of ether oxygens (including phenoxy) is 1. The van der Waals surface area contributed by atoms with Crippen LogP contribution in [0.1, 0.15) is 23.7 Å². The van der Waals surface area contributed by atoms with Gasteiger partial charge in [0.1, 0.15) is 11.9 Å². The molecule has 0 saturated heterocycles. The Labute approximate surface area is 136 Å². The van der Waals surface area contributed by atoms with Gasteiger partial charge in [-0.3, -0.25) is 9.59 Å². The monoisotopic (exact) mass is 344 g/mol. The molecule has 1 aromatic rings. The van der Waals surface area contributed by atoms with Crippen molar-refractivity contribution >= 4 is 35.8 Å². The van der Waals surface area contributed by atoms with Crippen LogP contribution in [-0.2, 0) is 13.2 Å². The third-order valence-corrected chi connectivity index (χ3v) is 4.65. The smallest absolute Gasteiger partial charge is 0.307 e. The third-order valence-electron chi connectivity index (χ3n) is 3.29. The van der Waals surface area contributed by atoms with Crippen molar-refractivity contribution in [3.8, 4) is 5.75 Å². The molecule has 1 aromatic carbocycles. The fourth-order valence-corrected chi connectivity index (χ4v) is 3.36. The molecule has 120 valence electrons. The van der Waals surface area contributed by atoms with E-state index in [2.05, 4.69) is 0 Å². The number of carboxylic acid groups (broad SMARTS) is 1. The Kier molecular flexibility index (Phi) is 5.74. The van der Waals surface area contributed by atoms with Crippen LogP contribution >= 0.6 is 24.1 Å². The van der Waals surface area contributed by atoms with Gasteiger partial charge >= 0.3 is 5.97 Å². The van der Waals surface area contributed by atoms with Crippen LogP contribution in [0, 0.1) is 5.92 Å².